The molecule has 72 valence electrons. The summed E-state index contributed by atoms with van der Waals surface area (Å²) in [5.41, 5.74) is 3.57. The highest BCUT2D eigenvalue weighted by Gasteiger charge is 2.53. The molecule has 0 spiro atoms. The van der Waals surface area contributed by atoms with Crippen LogP contribution in [0.3, 0.4) is 0 Å². The van der Waals surface area contributed by atoms with E-state index >= 15 is 0 Å². The summed E-state index contributed by atoms with van der Waals surface area (Å²) in [6.45, 7) is 6.34. The Morgan fingerprint density at radius 2 is 2.07 bits per heavy atom. The standard InChI is InChI=1S/C13H15N/c1-9-4-5-10(2)12(6-9)13(8-14)7-11(13)3/h4-6,11H,7H2,1-3H3. The molecule has 2 unspecified atom stereocenters. The largest absolute Gasteiger partial charge is 0.197 e. The number of rotatable bonds is 1. The zero-order valence-corrected chi connectivity index (χ0v) is 8.96. The Morgan fingerprint density at radius 1 is 1.43 bits per heavy atom. The molecule has 1 aromatic rings. The minimum atomic E-state index is -0.171. The van der Waals surface area contributed by atoms with E-state index in [0.717, 1.165) is 6.42 Å². The summed E-state index contributed by atoms with van der Waals surface area (Å²) >= 11 is 0. The molecule has 2 atom stereocenters. The highest BCUT2D eigenvalue weighted by molar-refractivity contribution is 5.46. The van der Waals surface area contributed by atoms with Crippen molar-refractivity contribution in [3.8, 4) is 6.07 Å². The summed E-state index contributed by atoms with van der Waals surface area (Å²) in [6, 6.07) is 8.88. The molecule has 0 heterocycles. The Kier molecular flexibility index (Phi) is 1.89. The van der Waals surface area contributed by atoms with Gasteiger partial charge in [-0.15, -0.1) is 0 Å². The normalized spacial score (nSPS) is 29.7. The van der Waals surface area contributed by atoms with Gasteiger partial charge in [-0.25, -0.2) is 0 Å². The van der Waals surface area contributed by atoms with Crippen molar-refractivity contribution in [2.45, 2.75) is 32.6 Å². The molecule has 0 radical (unpaired) electrons. The van der Waals surface area contributed by atoms with Crippen molar-refractivity contribution in [3.05, 3.63) is 34.9 Å². The first-order chi connectivity index (χ1) is 6.60. The van der Waals surface area contributed by atoms with Gasteiger partial charge in [0.1, 0.15) is 0 Å². The number of hydrogen-bond acceptors (Lipinski definition) is 1. The van der Waals surface area contributed by atoms with Crippen molar-refractivity contribution >= 4 is 0 Å². The van der Waals surface area contributed by atoms with E-state index in [2.05, 4.69) is 45.0 Å². The number of nitriles is 1. The Balaban J connectivity index is 2.52. The van der Waals surface area contributed by atoms with Crippen molar-refractivity contribution in [3.63, 3.8) is 0 Å². The first kappa shape index (κ1) is 9.27. The van der Waals surface area contributed by atoms with Crippen LogP contribution in [0.4, 0.5) is 0 Å². The molecule has 1 nitrogen and oxygen atoms in total. The molecular formula is C13H15N. The molecule has 0 bridgehead atoms. The lowest BCUT2D eigenvalue weighted by Crippen LogP contribution is -2.08. The van der Waals surface area contributed by atoms with E-state index in [4.69, 9.17) is 0 Å². The van der Waals surface area contributed by atoms with Crippen LogP contribution in [0.2, 0.25) is 0 Å². The van der Waals surface area contributed by atoms with Crippen LogP contribution >= 0.6 is 0 Å². The number of hydrogen-bond donors (Lipinski definition) is 0. The minimum Gasteiger partial charge on any atom is -0.197 e. The summed E-state index contributed by atoms with van der Waals surface area (Å²) in [7, 11) is 0. The van der Waals surface area contributed by atoms with Crippen molar-refractivity contribution in [2.24, 2.45) is 5.92 Å². The molecule has 0 aliphatic heterocycles. The summed E-state index contributed by atoms with van der Waals surface area (Å²) < 4.78 is 0. The van der Waals surface area contributed by atoms with Gasteiger partial charge in [0.2, 0.25) is 0 Å². The molecule has 14 heavy (non-hydrogen) atoms. The summed E-state index contributed by atoms with van der Waals surface area (Å²) in [5.74, 6) is 0.521. The van der Waals surface area contributed by atoms with Crippen molar-refractivity contribution in [1.82, 2.24) is 0 Å². The fraction of sp³-hybridized carbons (Fsp3) is 0.462. The molecule has 0 aromatic heterocycles. The number of benzene rings is 1. The van der Waals surface area contributed by atoms with E-state index in [9.17, 15) is 5.26 Å². The molecule has 1 fully saturated rings. The zero-order valence-electron chi connectivity index (χ0n) is 8.96. The van der Waals surface area contributed by atoms with E-state index in [1.54, 1.807) is 0 Å². The Morgan fingerprint density at radius 3 is 2.57 bits per heavy atom. The minimum absolute atomic E-state index is 0.171. The maximum absolute atomic E-state index is 9.25. The van der Waals surface area contributed by atoms with Gasteiger partial charge in [-0.3, -0.25) is 0 Å². The van der Waals surface area contributed by atoms with Crippen LogP contribution in [-0.4, -0.2) is 0 Å². The van der Waals surface area contributed by atoms with Gasteiger partial charge in [0.05, 0.1) is 11.5 Å². The van der Waals surface area contributed by atoms with Gasteiger partial charge in [0, 0.05) is 0 Å². The number of nitrogens with zero attached hydrogens (tertiary/aromatic N) is 1. The topological polar surface area (TPSA) is 23.8 Å². The fourth-order valence-corrected chi connectivity index (χ4v) is 2.23. The highest BCUT2D eigenvalue weighted by Crippen LogP contribution is 2.54. The molecule has 2 rings (SSSR count). The summed E-state index contributed by atoms with van der Waals surface area (Å²) in [5, 5.41) is 9.25. The maximum Gasteiger partial charge on any atom is 0.0854 e. The molecule has 1 heteroatoms. The van der Waals surface area contributed by atoms with Crippen molar-refractivity contribution < 1.29 is 0 Å². The molecular weight excluding hydrogens is 170 g/mol. The quantitative estimate of drug-likeness (QED) is 0.659. The van der Waals surface area contributed by atoms with Gasteiger partial charge in [0.15, 0.2) is 0 Å². The lowest BCUT2D eigenvalue weighted by Gasteiger charge is -2.12. The van der Waals surface area contributed by atoms with E-state index in [0.29, 0.717) is 5.92 Å². The van der Waals surface area contributed by atoms with E-state index in [1.165, 1.54) is 16.7 Å². The Hall–Kier alpha value is -1.29. The second-order valence-corrected chi connectivity index (χ2v) is 4.51. The van der Waals surface area contributed by atoms with Crippen LogP contribution < -0.4 is 0 Å². The summed E-state index contributed by atoms with van der Waals surface area (Å²) in [6.07, 6.45) is 1.02. The van der Waals surface area contributed by atoms with Gasteiger partial charge < -0.3 is 0 Å². The first-order valence-corrected chi connectivity index (χ1v) is 5.09. The lowest BCUT2D eigenvalue weighted by atomic mass is 9.90. The van der Waals surface area contributed by atoms with Crippen LogP contribution in [0.25, 0.3) is 0 Å². The van der Waals surface area contributed by atoms with Crippen molar-refractivity contribution in [1.29, 1.82) is 5.26 Å². The van der Waals surface area contributed by atoms with Gasteiger partial charge in [0.25, 0.3) is 0 Å². The predicted molar refractivity (Wildman–Crippen MR) is 57.0 cm³/mol. The summed E-state index contributed by atoms with van der Waals surface area (Å²) in [4.78, 5) is 0. The first-order valence-electron chi connectivity index (χ1n) is 5.09. The SMILES string of the molecule is Cc1ccc(C)c(C2(C#N)CC2C)c1. The Labute approximate surface area is 85.4 Å². The predicted octanol–water partition coefficient (Wildman–Crippen LogP) is 3.10. The molecule has 0 saturated heterocycles. The molecule has 0 amide bonds. The van der Waals surface area contributed by atoms with Crippen molar-refractivity contribution in [2.75, 3.05) is 0 Å². The van der Waals surface area contributed by atoms with Crippen LogP contribution in [-0.2, 0) is 5.41 Å². The third kappa shape index (κ3) is 1.14. The van der Waals surface area contributed by atoms with E-state index in [1.807, 2.05) is 0 Å². The second kappa shape index (κ2) is 2.85. The molecule has 1 aliphatic carbocycles. The lowest BCUT2D eigenvalue weighted by molar-refractivity contribution is 0.784. The monoisotopic (exact) mass is 185 g/mol. The van der Waals surface area contributed by atoms with Gasteiger partial charge in [-0.2, -0.15) is 5.26 Å². The van der Waals surface area contributed by atoms with E-state index in [-0.39, 0.29) is 5.41 Å². The van der Waals surface area contributed by atoms with Gasteiger partial charge >= 0.3 is 0 Å². The highest BCUT2D eigenvalue weighted by atomic mass is 14.6. The molecule has 1 aromatic carbocycles. The molecule has 1 saturated carbocycles. The van der Waals surface area contributed by atoms with Crippen LogP contribution in [0.1, 0.15) is 30.0 Å². The smallest absolute Gasteiger partial charge is 0.0854 e. The fourth-order valence-electron chi connectivity index (χ4n) is 2.23. The van der Waals surface area contributed by atoms with Crippen LogP contribution in [0, 0.1) is 31.1 Å². The third-order valence-corrected chi connectivity index (χ3v) is 3.38. The Bertz CT molecular complexity index is 414. The third-order valence-electron chi connectivity index (χ3n) is 3.38. The zero-order chi connectivity index (χ0) is 10.3. The number of aryl methyl sites for hydroxylation is 2. The molecule has 1 aliphatic rings. The average molecular weight is 185 g/mol. The maximum atomic E-state index is 9.25. The van der Waals surface area contributed by atoms with Crippen LogP contribution in [0.15, 0.2) is 18.2 Å². The van der Waals surface area contributed by atoms with Crippen LogP contribution in [0.5, 0.6) is 0 Å². The van der Waals surface area contributed by atoms with Gasteiger partial charge in [-0.05, 0) is 37.3 Å². The van der Waals surface area contributed by atoms with Gasteiger partial charge in [-0.1, -0.05) is 30.7 Å². The second-order valence-electron chi connectivity index (χ2n) is 4.51. The van der Waals surface area contributed by atoms with E-state index < -0.39 is 0 Å². The molecule has 0 N–H and O–H groups in total. The average Bonchev–Trinajstić information content (AvgIpc) is 2.82.